The average Bonchev–Trinajstić information content (AvgIpc) is 2.74. The minimum Gasteiger partial charge on any atom is -0.379 e. The van der Waals surface area contributed by atoms with E-state index < -0.39 is 10.0 Å². The minimum atomic E-state index is -3.61. The third kappa shape index (κ3) is 4.35. The Morgan fingerprint density at radius 3 is 2.43 bits per heavy atom. The zero-order chi connectivity index (χ0) is 21.0. The van der Waals surface area contributed by atoms with E-state index in [-0.39, 0.29) is 16.3 Å². The molecule has 30 heavy (non-hydrogen) atoms. The number of benzene rings is 2. The number of carbonyl (C=O) groups is 1. The summed E-state index contributed by atoms with van der Waals surface area (Å²) >= 11 is 0. The van der Waals surface area contributed by atoms with Gasteiger partial charge in [-0.05, 0) is 36.6 Å². The van der Waals surface area contributed by atoms with Crippen LogP contribution in [-0.4, -0.2) is 51.6 Å². The lowest BCUT2D eigenvalue weighted by Crippen LogP contribution is -2.46. The second kappa shape index (κ2) is 8.75. The van der Waals surface area contributed by atoms with Gasteiger partial charge in [-0.1, -0.05) is 42.8 Å². The molecule has 1 aliphatic heterocycles. The molecule has 1 saturated heterocycles. The Labute approximate surface area is 177 Å². The summed E-state index contributed by atoms with van der Waals surface area (Å²) in [6.07, 6.45) is 3.24. The molecule has 8 heteroatoms. The highest BCUT2D eigenvalue weighted by atomic mass is 32.2. The number of hydrogen-bond donors (Lipinski definition) is 2. The molecule has 0 unspecified atom stereocenters. The second-order valence-corrected chi connectivity index (χ2v) is 9.79. The van der Waals surface area contributed by atoms with Crippen molar-refractivity contribution in [1.29, 1.82) is 0 Å². The topological polar surface area (TPSA) is 87.7 Å². The van der Waals surface area contributed by atoms with Gasteiger partial charge in [0, 0.05) is 30.7 Å². The van der Waals surface area contributed by atoms with Gasteiger partial charge in [0.25, 0.3) is 0 Å². The zero-order valence-corrected chi connectivity index (χ0v) is 17.7. The van der Waals surface area contributed by atoms with E-state index in [1.165, 1.54) is 15.9 Å². The first-order chi connectivity index (χ1) is 14.5. The molecule has 2 amide bonds. The van der Waals surface area contributed by atoms with Gasteiger partial charge < -0.3 is 15.4 Å². The van der Waals surface area contributed by atoms with E-state index in [4.69, 9.17) is 4.74 Å². The number of nitrogens with one attached hydrogen (secondary N) is 2. The van der Waals surface area contributed by atoms with Gasteiger partial charge in [0.2, 0.25) is 10.0 Å². The maximum atomic E-state index is 12.8. The molecule has 4 rings (SSSR count). The molecule has 2 aromatic carbocycles. The fraction of sp³-hybridized carbons (Fsp3) is 0.409. The number of ether oxygens (including phenoxy) is 1. The smallest absolute Gasteiger partial charge is 0.319 e. The van der Waals surface area contributed by atoms with E-state index in [0.717, 1.165) is 19.3 Å². The maximum absolute atomic E-state index is 12.8. The van der Waals surface area contributed by atoms with Crippen LogP contribution in [-0.2, 0) is 20.2 Å². The SMILES string of the molecule is O=C(NCC1(c2ccccc2)CCC1)Nc1cccc(S(=O)(=O)N2CCOCC2)c1. The lowest BCUT2D eigenvalue weighted by atomic mass is 9.64. The Bertz CT molecular complexity index is 984. The van der Waals surface area contributed by atoms with Crippen molar-refractivity contribution < 1.29 is 17.9 Å². The molecule has 0 aromatic heterocycles. The molecule has 2 aliphatic rings. The standard InChI is InChI=1S/C22H27N3O4S/c26-21(23-17-22(10-5-11-22)18-6-2-1-3-7-18)24-19-8-4-9-20(16-19)30(27,28)25-12-14-29-15-13-25/h1-4,6-9,16H,5,10-15,17H2,(H2,23,24,26). The average molecular weight is 430 g/mol. The molecule has 0 atom stereocenters. The number of sulfonamides is 1. The molecular formula is C22H27N3O4S. The molecule has 1 saturated carbocycles. The predicted octanol–water partition coefficient (Wildman–Crippen LogP) is 2.95. The monoisotopic (exact) mass is 429 g/mol. The van der Waals surface area contributed by atoms with Crippen molar-refractivity contribution in [2.45, 2.75) is 29.6 Å². The Kier molecular flexibility index (Phi) is 6.08. The summed E-state index contributed by atoms with van der Waals surface area (Å²) in [5, 5.41) is 5.74. The summed E-state index contributed by atoms with van der Waals surface area (Å²) < 4.78 is 32.3. The van der Waals surface area contributed by atoms with Crippen LogP contribution in [0.3, 0.4) is 0 Å². The van der Waals surface area contributed by atoms with Crippen molar-refractivity contribution in [1.82, 2.24) is 9.62 Å². The highest BCUT2D eigenvalue weighted by molar-refractivity contribution is 7.89. The van der Waals surface area contributed by atoms with Crippen LogP contribution in [0.5, 0.6) is 0 Å². The molecule has 0 radical (unpaired) electrons. The third-order valence-corrected chi connectivity index (χ3v) is 7.88. The molecule has 0 bridgehead atoms. The van der Waals surface area contributed by atoms with Crippen LogP contribution in [0.15, 0.2) is 59.5 Å². The van der Waals surface area contributed by atoms with E-state index in [1.807, 2.05) is 18.2 Å². The molecular weight excluding hydrogens is 402 g/mol. The van der Waals surface area contributed by atoms with E-state index in [1.54, 1.807) is 18.2 Å². The minimum absolute atomic E-state index is 0.0138. The molecule has 2 aromatic rings. The van der Waals surface area contributed by atoms with E-state index >= 15 is 0 Å². The van der Waals surface area contributed by atoms with Crippen LogP contribution in [0, 0.1) is 0 Å². The number of carbonyl (C=O) groups excluding carboxylic acids is 1. The molecule has 1 aliphatic carbocycles. The van der Waals surface area contributed by atoms with E-state index in [0.29, 0.717) is 38.5 Å². The molecule has 1 heterocycles. The number of urea groups is 1. The summed E-state index contributed by atoms with van der Waals surface area (Å²) in [4.78, 5) is 12.7. The summed E-state index contributed by atoms with van der Waals surface area (Å²) in [7, 11) is -3.61. The lowest BCUT2D eigenvalue weighted by Gasteiger charge is -2.42. The number of amides is 2. The largest absolute Gasteiger partial charge is 0.379 e. The van der Waals surface area contributed by atoms with Crippen LogP contribution in [0.4, 0.5) is 10.5 Å². The molecule has 7 nitrogen and oxygen atoms in total. The number of hydrogen-bond acceptors (Lipinski definition) is 4. The molecule has 160 valence electrons. The molecule has 0 spiro atoms. The first-order valence-corrected chi connectivity index (χ1v) is 11.7. The second-order valence-electron chi connectivity index (χ2n) is 7.85. The van der Waals surface area contributed by atoms with Crippen molar-refractivity contribution in [2.24, 2.45) is 0 Å². The Hall–Kier alpha value is -2.42. The first kappa shape index (κ1) is 20.8. The van der Waals surface area contributed by atoms with Gasteiger partial charge in [-0.3, -0.25) is 0 Å². The highest BCUT2D eigenvalue weighted by Gasteiger charge is 2.38. The summed E-state index contributed by atoms with van der Waals surface area (Å²) in [5.74, 6) is 0. The van der Waals surface area contributed by atoms with Gasteiger partial charge >= 0.3 is 6.03 Å². The normalized spacial score (nSPS) is 18.9. The van der Waals surface area contributed by atoms with Crippen molar-refractivity contribution in [3.8, 4) is 0 Å². The quantitative estimate of drug-likeness (QED) is 0.739. The number of morpholine rings is 1. The number of anilines is 1. The van der Waals surface area contributed by atoms with E-state index in [2.05, 4.69) is 22.8 Å². The summed E-state index contributed by atoms with van der Waals surface area (Å²) in [6.45, 7) is 2.00. The van der Waals surface area contributed by atoms with Gasteiger partial charge in [-0.25, -0.2) is 13.2 Å². The van der Waals surface area contributed by atoms with E-state index in [9.17, 15) is 13.2 Å². The predicted molar refractivity (Wildman–Crippen MR) is 115 cm³/mol. The summed E-state index contributed by atoms with van der Waals surface area (Å²) in [5.41, 5.74) is 1.68. The van der Waals surface area contributed by atoms with Gasteiger partial charge in [0.05, 0.1) is 18.1 Å². The molecule has 2 fully saturated rings. The van der Waals surface area contributed by atoms with Gasteiger partial charge in [0.1, 0.15) is 0 Å². The van der Waals surface area contributed by atoms with Crippen LogP contribution in [0.2, 0.25) is 0 Å². The number of nitrogens with zero attached hydrogens (tertiary/aromatic N) is 1. The van der Waals surface area contributed by atoms with Crippen LogP contribution >= 0.6 is 0 Å². The van der Waals surface area contributed by atoms with Crippen molar-refractivity contribution in [2.75, 3.05) is 38.2 Å². The van der Waals surface area contributed by atoms with Crippen molar-refractivity contribution in [3.05, 3.63) is 60.2 Å². The molecule has 2 N–H and O–H groups in total. The Morgan fingerprint density at radius 2 is 1.77 bits per heavy atom. The highest BCUT2D eigenvalue weighted by Crippen LogP contribution is 2.43. The van der Waals surface area contributed by atoms with Gasteiger partial charge in [-0.15, -0.1) is 0 Å². The summed E-state index contributed by atoms with van der Waals surface area (Å²) in [6, 6.07) is 16.3. The fourth-order valence-corrected chi connectivity index (χ4v) is 5.51. The van der Waals surface area contributed by atoms with Crippen molar-refractivity contribution >= 4 is 21.7 Å². The van der Waals surface area contributed by atoms with Crippen LogP contribution < -0.4 is 10.6 Å². The first-order valence-electron chi connectivity index (χ1n) is 10.3. The Morgan fingerprint density at radius 1 is 1.03 bits per heavy atom. The van der Waals surface area contributed by atoms with Crippen molar-refractivity contribution in [3.63, 3.8) is 0 Å². The van der Waals surface area contributed by atoms with Crippen LogP contribution in [0.25, 0.3) is 0 Å². The number of rotatable bonds is 6. The van der Waals surface area contributed by atoms with Gasteiger partial charge in [-0.2, -0.15) is 4.31 Å². The lowest BCUT2D eigenvalue weighted by molar-refractivity contribution is 0.0730. The van der Waals surface area contributed by atoms with Crippen LogP contribution in [0.1, 0.15) is 24.8 Å². The zero-order valence-electron chi connectivity index (χ0n) is 16.8. The van der Waals surface area contributed by atoms with Gasteiger partial charge in [0.15, 0.2) is 0 Å². The Balaban J connectivity index is 1.40. The third-order valence-electron chi connectivity index (χ3n) is 5.98. The fourth-order valence-electron chi connectivity index (χ4n) is 4.06. The maximum Gasteiger partial charge on any atom is 0.319 e.